The van der Waals surface area contributed by atoms with Gasteiger partial charge in [-0.3, -0.25) is 4.79 Å². The van der Waals surface area contributed by atoms with E-state index in [0.717, 1.165) is 0 Å². The Morgan fingerprint density at radius 2 is 2.05 bits per heavy atom. The molecule has 0 bridgehead atoms. The van der Waals surface area contributed by atoms with Crippen LogP contribution < -0.4 is 11.5 Å². The molecule has 1 aromatic carbocycles. The van der Waals surface area contributed by atoms with Crippen LogP contribution in [0.4, 0.5) is 5.69 Å². The second-order valence-electron chi connectivity index (χ2n) is 4.11. The number of rotatable bonds is 7. The minimum Gasteiger partial charge on any atom is -0.398 e. The Labute approximate surface area is 118 Å². The fourth-order valence-electron chi connectivity index (χ4n) is 1.72. The SMILES string of the molecule is CCN(CCOC)S(=O)(=O)c1ccc(C(N)=O)cc1N. The van der Waals surface area contributed by atoms with Gasteiger partial charge in [0, 0.05) is 25.8 Å². The Morgan fingerprint density at radius 1 is 1.40 bits per heavy atom. The maximum absolute atomic E-state index is 12.4. The van der Waals surface area contributed by atoms with Crippen LogP contribution in [0, 0.1) is 0 Å². The first-order valence-electron chi connectivity index (χ1n) is 6.03. The highest BCUT2D eigenvalue weighted by atomic mass is 32.2. The number of nitrogen functional groups attached to an aromatic ring is 1. The minimum absolute atomic E-state index is 0.00262. The Bertz CT molecular complexity index is 586. The number of hydrogen-bond acceptors (Lipinski definition) is 5. The average molecular weight is 301 g/mol. The Hall–Kier alpha value is -1.64. The summed E-state index contributed by atoms with van der Waals surface area (Å²) in [5.74, 6) is -0.660. The van der Waals surface area contributed by atoms with Crippen molar-refractivity contribution in [2.24, 2.45) is 5.73 Å². The van der Waals surface area contributed by atoms with E-state index >= 15 is 0 Å². The molecule has 1 aromatic rings. The van der Waals surface area contributed by atoms with Gasteiger partial charge in [0.2, 0.25) is 15.9 Å². The summed E-state index contributed by atoms with van der Waals surface area (Å²) in [5.41, 5.74) is 11.0. The fraction of sp³-hybridized carbons (Fsp3) is 0.417. The molecule has 4 N–H and O–H groups in total. The molecule has 0 unspecified atom stereocenters. The van der Waals surface area contributed by atoms with E-state index < -0.39 is 15.9 Å². The van der Waals surface area contributed by atoms with E-state index in [0.29, 0.717) is 6.54 Å². The fourth-order valence-corrected chi connectivity index (χ4v) is 3.25. The molecule has 0 saturated heterocycles. The standard InChI is InChI=1S/C12H19N3O4S/c1-3-15(6-7-19-2)20(17,18)11-5-4-9(12(14)16)8-10(11)13/h4-5,8H,3,6-7,13H2,1-2H3,(H2,14,16). The van der Waals surface area contributed by atoms with Gasteiger partial charge < -0.3 is 16.2 Å². The molecule has 20 heavy (non-hydrogen) atoms. The molecule has 0 aliphatic rings. The Morgan fingerprint density at radius 3 is 2.50 bits per heavy atom. The van der Waals surface area contributed by atoms with Crippen LogP contribution in [0.15, 0.2) is 23.1 Å². The molecule has 8 heteroatoms. The lowest BCUT2D eigenvalue weighted by Gasteiger charge is -2.21. The van der Waals surface area contributed by atoms with Crippen molar-refractivity contribution in [3.05, 3.63) is 23.8 Å². The van der Waals surface area contributed by atoms with Crippen LogP contribution in [-0.2, 0) is 14.8 Å². The first-order chi connectivity index (χ1) is 9.34. The van der Waals surface area contributed by atoms with Crippen molar-refractivity contribution in [3.8, 4) is 0 Å². The topological polar surface area (TPSA) is 116 Å². The number of carbonyl (C=O) groups excluding carboxylic acids is 1. The zero-order valence-corrected chi connectivity index (χ0v) is 12.3. The molecule has 0 aromatic heterocycles. The number of anilines is 1. The van der Waals surface area contributed by atoms with Crippen LogP contribution in [-0.4, -0.2) is 45.4 Å². The molecule has 0 aliphatic heterocycles. The van der Waals surface area contributed by atoms with Crippen LogP contribution in [0.5, 0.6) is 0 Å². The van der Waals surface area contributed by atoms with Crippen molar-refractivity contribution in [1.82, 2.24) is 4.31 Å². The summed E-state index contributed by atoms with van der Waals surface area (Å²) < 4.78 is 31.0. The number of ether oxygens (including phenoxy) is 1. The number of sulfonamides is 1. The van der Waals surface area contributed by atoms with Crippen molar-refractivity contribution < 1.29 is 17.9 Å². The van der Waals surface area contributed by atoms with E-state index in [1.165, 1.54) is 29.6 Å². The number of methoxy groups -OCH3 is 1. The molecule has 0 fully saturated rings. The van der Waals surface area contributed by atoms with Gasteiger partial charge in [0.15, 0.2) is 0 Å². The first kappa shape index (κ1) is 16.4. The van der Waals surface area contributed by atoms with Gasteiger partial charge in [-0.2, -0.15) is 4.31 Å². The maximum Gasteiger partial charge on any atom is 0.248 e. The summed E-state index contributed by atoms with van der Waals surface area (Å²) >= 11 is 0. The van der Waals surface area contributed by atoms with Crippen molar-refractivity contribution >= 4 is 21.6 Å². The number of primary amides is 1. The summed E-state index contributed by atoms with van der Waals surface area (Å²) in [6.45, 7) is 2.53. The van der Waals surface area contributed by atoms with Crippen LogP contribution in [0.2, 0.25) is 0 Å². The smallest absolute Gasteiger partial charge is 0.248 e. The Balaban J connectivity index is 3.17. The molecule has 7 nitrogen and oxygen atoms in total. The molecule has 0 heterocycles. The molecule has 1 rings (SSSR count). The lowest BCUT2D eigenvalue weighted by Crippen LogP contribution is -2.34. The highest BCUT2D eigenvalue weighted by Gasteiger charge is 2.25. The third kappa shape index (κ3) is 3.47. The molecular formula is C12H19N3O4S. The van der Waals surface area contributed by atoms with Gasteiger partial charge in [0.1, 0.15) is 4.90 Å². The van der Waals surface area contributed by atoms with Crippen molar-refractivity contribution in [3.63, 3.8) is 0 Å². The summed E-state index contributed by atoms with van der Waals surface area (Å²) in [7, 11) is -2.22. The number of carbonyl (C=O) groups is 1. The maximum atomic E-state index is 12.4. The molecule has 0 saturated carbocycles. The number of benzene rings is 1. The van der Waals surface area contributed by atoms with Gasteiger partial charge in [-0.15, -0.1) is 0 Å². The lowest BCUT2D eigenvalue weighted by molar-refractivity contribution is 0.1000. The second-order valence-corrected chi connectivity index (χ2v) is 6.01. The number of nitrogens with two attached hydrogens (primary N) is 2. The van der Waals surface area contributed by atoms with E-state index in [1.54, 1.807) is 6.92 Å². The average Bonchev–Trinajstić information content (AvgIpc) is 2.38. The monoisotopic (exact) mass is 301 g/mol. The second kappa shape index (κ2) is 6.69. The molecule has 112 valence electrons. The zero-order chi connectivity index (χ0) is 15.3. The van der Waals surface area contributed by atoms with Gasteiger partial charge in [0.05, 0.1) is 12.3 Å². The molecule has 0 spiro atoms. The lowest BCUT2D eigenvalue weighted by atomic mass is 10.2. The normalized spacial score (nSPS) is 11.8. The van der Waals surface area contributed by atoms with E-state index in [2.05, 4.69) is 0 Å². The van der Waals surface area contributed by atoms with Gasteiger partial charge in [-0.05, 0) is 18.2 Å². The van der Waals surface area contributed by atoms with Gasteiger partial charge in [0.25, 0.3) is 0 Å². The van der Waals surface area contributed by atoms with Crippen LogP contribution in [0.3, 0.4) is 0 Å². The summed E-state index contributed by atoms with van der Waals surface area (Å²) in [6, 6.07) is 3.90. The third-order valence-electron chi connectivity index (χ3n) is 2.81. The minimum atomic E-state index is -3.72. The molecule has 1 amide bonds. The first-order valence-corrected chi connectivity index (χ1v) is 7.47. The molecular weight excluding hydrogens is 282 g/mol. The number of nitrogens with zero attached hydrogens (tertiary/aromatic N) is 1. The van der Waals surface area contributed by atoms with Crippen molar-refractivity contribution in [2.75, 3.05) is 32.5 Å². The van der Waals surface area contributed by atoms with Crippen molar-refractivity contribution in [2.45, 2.75) is 11.8 Å². The predicted octanol–water partition coefficient (Wildman–Crippen LogP) is 0.0247. The molecule has 0 radical (unpaired) electrons. The van der Waals surface area contributed by atoms with Gasteiger partial charge >= 0.3 is 0 Å². The summed E-state index contributed by atoms with van der Waals surface area (Å²) in [4.78, 5) is 11.0. The quantitative estimate of drug-likeness (QED) is 0.689. The highest BCUT2D eigenvalue weighted by molar-refractivity contribution is 7.89. The largest absolute Gasteiger partial charge is 0.398 e. The van der Waals surface area contributed by atoms with Gasteiger partial charge in [-0.1, -0.05) is 6.92 Å². The van der Waals surface area contributed by atoms with Crippen LogP contribution in [0.1, 0.15) is 17.3 Å². The highest BCUT2D eigenvalue weighted by Crippen LogP contribution is 2.23. The van der Waals surface area contributed by atoms with Crippen molar-refractivity contribution in [1.29, 1.82) is 0 Å². The van der Waals surface area contributed by atoms with Crippen LogP contribution in [0.25, 0.3) is 0 Å². The van der Waals surface area contributed by atoms with E-state index in [1.807, 2.05) is 0 Å². The number of likely N-dealkylation sites (N-methyl/N-ethyl adjacent to an activating group) is 1. The van der Waals surface area contributed by atoms with E-state index in [9.17, 15) is 13.2 Å². The van der Waals surface area contributed by atoms with E-state index in [-0.39, 0.29) is 29.3 Å². The van der Waals surface area contributed by atoms with Crippen LogP contribution >= 0.6 is 0 Å². The van der Waals surface area contributed by atoms with E-state index in [4.69, 9.17) is 16.2 Å². The summed E-state index contributed by atoms with van der Waals surface area (Å²) in [6.07, 6.45) is 0. The molecule has 0 atom stereocenters. The summed E-state index contributed by atoms with van der Waals surface area (Å²) in [5, 5.41) is 0. The molecule has 0 aliphatic carbocycles. The zero-order valence-electron chi connectivity index (χ0n) is 11.5. The Kier molecular flexibility index (Phi) is 5.49. The number of amides is 1. The number of hydrogen-bond donors (Lipinski definition) is 2. The van der Waals surface area contributed by atoms with Gasteiger partial charge in [-0.25, -0.2) is 8.42 Å². The predicted molar refractivity (Wildman–Crippen MR) is 75.7 cm³/mol. The third-order valence-corrected chi connectivity index (χ3v) is 4.86.